The van der Waals surface area contributed by atoms with Crippen molar-refractivity contribution in [3.05, 3.63) is 76.5 Å². The van der Waals surface area contributed by atoms with Crippen LogP contribution in [0, 0.1) is 0 Å². The van der Waals surface area contributed by atoms with Crippen molar-refractivity contribution in [1.82, 2.24) is 15.8 Å². The van der Waals surface area contributed by atoms with E-state index in [1.165, 1.54) is 12.1 Å². The third kappa shape index (κ3) is 5.26. The number of halogens is 4. The summed E-state index contributed by atoms with van der Waals surface area (Å²) in [6, 6.07) is 13.0. The minimum absolute atomic E-state index is 0.0417. The van der Waals surface area contributed by atoms with Crippen LogP contribution in [0.5, 0.6) is 0 Å². The molecule has 9 heteroatoms. The number of benzene rings is 2. The second-order valence-corrected chi connectivity index (χ2v) is 6.36. The number of rotatable bonds is 5. The van der Waals surface area contributed by atoms with Crippen molar-refractivity contribution in [2.24, 2.45) is 0 Å². The lowest BCUT2D eigenvalue weighted by Gasteiger charge is -2.10. The molecule has 0 spiro atoms. The van der Waals surface area contributed by atoms with Crippen LogP contribution in [0.3, 0.4) is 0 Å². The molecular formula is C19H15ClF3N3O2. The Labute approximate surface area is 163 Å². The molecule has 2 N–H and O–H groups in total. The summed E-state index contributed by atoms with van der Waals surface area (Å²) in [4.78, 5) is 11.9. The van der Waals surface area contributed by atoms with Crippen LogP contribution in [0.4, 0.5) is 18.0 Å². The third-order valence-electron chi connectivity index (χ3n) is 3.81. The molecule has 1 aromatic heterocycles. The van der Waals surface area contributed by atoms with Crippen molar-refractivity contribution in [3.8, 4) is 11.3 Å². The van der Waals surface area contributed by atoms with Gasteiger partial charge in [-0.15, -0.1) is 0 Å². The average Bonchev–Trinajstić information content (AvgIpc) is 3.13. The van der Waals surface area contributed by atoms with E-state index in [-0.39, 0.29) is 13.1 Å². The maximum atomic E-state index is 12.7. The number of nitrogens with one attached hydrogen (secondary N) is 2. The average molecular weight is 410 g/mol. The Morgan fingerprint density at radius 3 is 2.54 bits per heavy atom. The molecule has 5 nitrogen and oxygen atoms in total. The molecule has 146 valence electrons. The molecule has 28 heavy (non-hydrogen) atoms. The Hall–Kier alpha value is -3.00. The van der Waals surface area contributed by atoms with Gasteiger partial charge < -0.3 is 15.2 Å². The largest absolute Gasteiger partial charge is 0.416 e. The summed E-state index contributed by atoms with van der Waals surface area (Å²) in [5.74, 6) is 0.421. The zero-order valence-electron chi connectivity index (χ0n) is 14.4. The van der Waals surface area contributed by atoms with Crippen LogP contribution in [-0.4, -0.2) is 11.2 Å². The van der Waals surface area contributed by atoms with Crippen molar-refractivity contribution < 1.29 is 22.5 Å². The Balaban J connectivity index is 1.51. The first-order valence-electron chi connectivity index (χ1n) is 8.20. The van der Waals surface area contributed by atoms with Crippen LogP contribution in [-0.2, 0) is 19.3 Å². The minimum Gasteiger partial charge on any atom is -0.359 e. The lowest BCUT2D eigenvalue weighted by molar-refractivity contribution is -0.137. The molecule has 0 aliphatic rings. The summed E-state index contributed by atoms with van der Waals surface area (Å²) >= 11 is 5.94. The Morgan fingerprint density at radius 1 is 1.04 bits per heavy atom. The van der Waals surface area contributed by atoms with Crippen LogP contribution in [0.25, 0.3) is 11.3 Å². The predicted molar refractivity (Wildman–Crippen MR) is 97.5 cm³/mol. The van der Waals surface area contributed by atoms with E-state index in [2.05, 4.69) is 15.8 Å². The molecule has 3 aromatic rings. The number of carbonyl (C=O) groups is 1. The van der Waals surface area contributed by atoms with Gasteiger partial charge in [0.05, 0.1) is 12.1 Å². The zero-order chi connectivity index (χ0) is 20.1. The number of hydrogen-bond acceptors (Lipinski definition) is 3. The fourth-order valence-corrected chi connectivity index (χ4v) is 2.64. The standard InChI is InChI=1S/C19H15ClF3N3O2/c20-15-6-2-4-13(8-15)17-9-16(28-26-17)11-25-18(27)24-10-12-3-1-5-14(7-12)19(21,22)23/h1-9H,10-11H2,(H2,24,25,27). The van der Waals surface area contributed by atoms with Gasteiger partial charge in [0.25, 0.3) is 0 Å². The first-order chi connectivity index (χ1) is 13.3. The van der Waals surface area contributed by atoms with E-state index in [0.717, 1.165) is 17.7 Å². The van der Waals surface area contributed by atoms with E-state index < -0.39 is 17.8 Å². The molecule has 0 aliphatic carbocycles. The van der Waals surface area contributed by atoms with Crippen LogP contribution in [0.15, 0.2) is 59.1 Å². The van der Waals surface area contributed by atoms with E-state index in [0.29, 0.717) is 22.0 Å². The molecule has 2 amide bonds. The summed E-state index contributed by atoms with van der Waals surface area (Å²) < 4.78 is 43.3. The van der Waals surface area contributed by atoms with Gasteiger partial charge in [0.1, 0.15) is 5.69 Å². The van der Waals surface area contributed by atoms with Gasteiger partial charge in [0, 0.05) is 23.2 Å². The molecule has 1 heterocycles. The molecule has 0 fully saturated rings. The second kappa shape index (κ2) is 8.35. The topological polar surface area (TPSA) is 67.2 Å². The predicted octanol–water partition coefficient (Wildman–Crippen LogP) is 5.01. The van der Waals surface area contributed by atoms with Crippen LogP contribution in [0.2, 0.25) is 5.02 Å². The molecule has 3 rings (SSSR count). The number of amides is 2. The number of hydrogen-bond donors (Lipinski definition) is 2. The molecule has 0 unspecified atom stereocenters. The summed E-state index contributed by atoms with van der Waals surface area (Å²) in [6.45, 7) is 0.0297. The van der Waals surface area contributed by atoms with E-state index >= 15 is 0 Å². The van der Waals surface area contributed by atoms with E-state index in [9.17, 15) is 18.0 Å². The molecule has 0 aliphatic heterocycles. The lowest BCUT2D eigenvalue weighted by Crippen LogP contribution is -2.34. The quantitative estimate of drug-likeness (QED) is 0.622. The van der Waals surface area contributed by atoms with Gasteiger partial charge in [0.2, 0.25) is 0 Å². The van der Waals surface area contributed by atoms with Crippen molar-refractivity contribution in [2.75, 3.05) is 0 Å². The van der Waals surface area contributed by atoms with E-state index in [1.54, 1.807) is 24.3 Å². The van der Waals surface area contributed by atoms with Gasteiger partial charge in [-0.05, 0) is 29.8 Å². The normalized spacial score (nSPS) is 11.3. The Kier molecular flexibility index (Phi) is 5.89. The SMILES string of the molecule is O=C(NCc1cccc(C(F)(F)F)c1)NCc1cc(-c2cccc(Cl)c2)no1. The highest BCUT2D eigenvalue weighted by atomic mass is 35.5. The minimum atomic E-state index is -4.43. The molecular weight excluding hydrogens is 395 g/mol. The summed E-state index contributed by atoms with van der Waals surface area (Å²) in [5, 5.41) is 9.54. The summed E-state index contributed by atoms with van der Waals surface area (Å²) in [7, 11) is 0. The molecule has 0 atom stereocenters. The maximum Gasteiger partial charge on any atom is 0.416 e. The lowest BCUT2D eigenvalue weighted by atomic mass is 10.1. The molecule has 0 saturated carbocycles. The first-order valence-corrected chi connectivity index (χ1v) is 8.58. The van der Waals surface area contributed by atoms with E-state index in [1.807, 2.05) is 6.07 Å². The fraction of sp³-hybridized carbons (Fsp3) is 0.158. The van der Waals surface area contributed by atoms with Gasteiger partial charge >= 0.3 is 12.2 Å². The molecule has 2 aromatic carbocycles. The van der Waals surface area contributed by atoms with Gasteiger partial charge in [-0.25, -0.2) is 4.79 Å². The number of urea groups is 1. The van der Waals surface area contributed by atoms with Crippen molar-refractivity contribution >= 4 is 17.6 Å². The number of nitrogens with zero attached hydrogens (tertiary/aromatic N) is 1. The number of alkyl halides is 3. The van der Waals surface area contributed by atoms with Crippen LogP contribution < -0.4 is 10.6 Å². The molecule has 0 radical (unpaired) electrons. The van der Waals surface area contributed by atoms with Crippen LogP contribution in [0.1, 0.15) is 16.9 Å². The van der Waals surface area contributed by atoms with Crippen molar-refractivity contribution in [2.45, 2.75) is 19.3 Å². The van der Waals surface area contributed by atoms with Gasteiger partial charge in [-0.1, -0.05) is 41.0 Å². The highest BCUT2D eigenvalue weighted by Gasteiger charge is 2.30. The number of aromatic nitrogens is 1. The zero-order valence-corrected chi connectivity index (χ0v) is 15.1. The van der Waals surface area contributed by atoms with Crippen LogP contribution >= 0.6 is 11.6 Å². The second-order valence-electron chi connectivity index (χ2n) is 5.92. The van der Waals surface area contributed by atoms with Crippen molar-refractivity contribution in [1.29, 1.82) is 0 Å². The smallest absolute Gasteiger partial charge is 0.359 e. The Morgan fingerprint density at radius 2 is 1.79 bits per heavy atom. The first kappa shape index (κ1) is 19.8. The molecule has 0 bridgehead atoms. The van der Waals surface area contributed by atoms with Crippen molar-refractivity contribution in [3.63, 3.8) is 0 Å². The monoisotopic (exact) mass is 409 g/mol. The highest BCUT2D eigenvalue weighted by molar-refractivity contribution is 6.30. The summed E-state index contributed by atoms with van der Waals surface area (Å²) in [5.41, 5.74) is 0.926. The third-order valence-corrected chi connectivity index (χ3v) is 4.04. The fourth-order valence-electron chi connectivity index (χ4n) is 2.45. The highest BCUT2D eigenvalue weighted by Crippen LogP contribution is 2.29. The van der Waals surface area contributed by atoms with Gasteiger partial charge in [0.15, 0.2) is 5.76 Å². The number of carbonyl (C=O) groups excluding carboxylic acids is 1. The Bertz CT molecular complexity index is 973. The summed E-state index contributed by atoms with van der Waals surface area (Å²) in [6.07, 6.45) is -4.43. The van der Waals surface area contributed by atoms with Gasteiger partial charge in [-0.3, -0.25) is 0 Å². The molecule has 0 saturated heterocycles. The maximum absolute atomic E-state index is 12.7. The van der Waals surface area contributed by atoms with E-state index in [4.69, 9.17) is 16.1 Å². The van der Waals surface area contributed by atoms with Gasteiger partial charge in [-0.2, -0.15) is 13.2 Å².